The van der Waals surface area contributed by atoms with E-state index in [0.717, 1.165) is 10.6 Å². The van der Waals surface area contributed by atoms with Gasteiger partial charge in [0.2, 0.25) is 10.0 Å². The minimum atomic E-state index is -3.58. The molecule has 0 radical (unpaired) electrons. The lowest BCUT2D eigenvalue weighted by Gasteiger charge is -2.20. The molecule has 1 heterocycles. The molecule has 0 saturated carbocycles. The number of anilines is 1. The highest BCUT2D eigenvalue weighted by Gasteiger charge is 2.26. The van der Waals surface area contributed by atoms with Crippen molar-refractivity contribution < 1.29 is 8.42 Å². The second-order valence-electron chi connectivity index (χ2n) is 5.05. The van der Waals surface area contributed by atoms with E-state index in [-0.39, 0.29) is 0 Å². The molecule has 2 aromatic rings. The van der Waals surface area contributed by atoms with Crippen LogP contribution in [0.1, 0.15) is 21.7 Å². The Morgan fingerprint density at radius 2 is 1.95 bits per heavy atom. The van der Waals surface area contributed by atoms with Crippen LogP contribution in [-0.4, -0.2) is 24.8 Å². The minimum Gasteiger partial charge on any atom is -0.398 e. The zero-order valence-corrected chi connectivity index (χ0v) is 14.2. The second kappa shape index (κ2) is 5.75. The van der Waals surface area contributed by atoms with E-state index >= 15 is 0 Å². The Morgan fingerprint density at radius 1 is 1.29 bits per heavy atom. The average molecular weight is 325 g/mol. The van der Waals surface area contributed by atoms with E-state index in [4.69, 9.17) is 5.73 Å². The van der Waals surface area contributed by atoms with Gasteiger partial charge in [-0.3, -0.25) is 0 Å². The molecule has 0 amide bonds. The van der Waals surface area contributed by atoms with Crippen molar-refractivity contribution in [2.45, 2.75) is 32.2 Å². The third kappa shape index (κ3) is 2.95. The van der Waals surface area contributed by atoms with Crippen LogP contribution in [0.5, 0.6) is 0 Å². The third-order valence-electron chi connectivity index (χ3n) is 3.52. The first-order valence-corrected chi connectivity index (χ1v) is 8.78. The summed E-state index contributed by atoms with van der Waals surface area (Å²) in [6.45, 7) is 5.71. The summed E-state index contributed by atoms with van der Waals surface area (Å²) in [7, 11) is -2.00. The number of nitrogens with zero attached hydrogens (tertiary/aromatic N) is 2. The quantitative estimate of drug-likeness (QED) is 0.876. The van der Waals surface area contributed by atoms with Crippen molar-refractivity contribution in [2.24, 2.45) is 0 Å². The SMILES string of the molecule is Cc1ccc(N)c(C)c1S(=O)(=O)N(C)Cc1scnc1C. The highest BCUT2D eigenvalue weighted by atomic mass is 32.2. The predicted octanol–water partition coefficient (Wildman–Crippen LogP) is 2.47. The standard InChI is InChI=1S/C14H19N3O2S2/c1-9-5-6-12(15)10(2)14(9)21(18,19)17(4)7-13-11(3)16-8-20-13/h5-6,8H,7,15H2,1-4H3. The molecular weight excluding hydrogens is 306 g/mol. The fourth-order valence-corrected chi connectivity index (χ4v) is 4.66. The molecule has 0 bridgehead atoms. The van der Waals surface area contributed by atoms with Crippen molar-refractivity contribution in [1.82, 2.24) is 9.29 Å². The molecule has 5 nitrogen and oxygen atoms in total. The van der Waals surface area contributed by atoms with Crippen molar-refractivity contribution in [3.8, 4) is 0 Å². The lowest BCUT2D eigenvalue weighted by Crippen LogP contribution is -2.28. The smallest absolute Gasteiger partial charge is 0.243 e. The Balaban J connectivity index is 2.43. The Kier molecular flexibility index (Phi) is 4.36. The number of nitrogens with two attached hydrogens (primary N) is 1. The lowest BCUT2D eigenvalue weighted by atomic mass is 10.1. The molecule has 21 heavy (non-hydrogen) atoms. The monoisotopic (exact) mass is 325 g/mol. The van der Waals surface area contributed by atoms with Gasteiger partial charge in [0.25, 0.3) is 0 Å². The highest BCUT2D eigenvalue weighted by Crippen LogP contribution is 2.28. The van der Waals surface area contributed by atoms with Gasteiger partial charge < -0.3 is 5.73 Å². The van der Waals surface area contributed by atoms with E-state index < -0.39 is 10.0 Å². The molecule has 0 atom stereocenters. The van der Waals surface area contributed by atoms with Gasteiger partial charge in [0.15, 0.2) is 0 Å². The maximum Gasteiger partial charge on any atom is 0.243 e. The molecule has 1 aromatic carbocycles. The van der Waals surface area contributed by atoms with Crippen LogP contribution in [0.3, 0.4) is 0 Å². The second-order valence-corrected chi connectivity index (χ2v) is 7.97. The number of aryl methyl sites for hydroxylation is 2. The molecule has 0 saturated heterocycles. The van der Waals surface area contributed by atoms with Gasteiger partial charge in [-0.05, 0) is 38.0 Å². The number of rotatable bonds is 4. The number of hydrogen-bond acceptors (Lipinski definition) is 5. The average Bonchev–Trinajstić information content (AvgIpc) is 2.80. The topological polar surface area (TPSA) is 76.3 Å². The van der Waals surface area contributed by atoms with Gasteiger partial charge in [-0.15, -0.1) is 11.3 Å². The van der Waals surface area contributed by atoms with E-state index in [1.54, 1.807) is 38.5 Å². The first-order valence-electron chi connectivity index (χ1n) is 6.46. The summed E-state index contributed by atoms with van der Waals surface area (Å²) in [5.41, 5.74) is 10.2. The molecule has 0 fully saturated rings. The Bertz CT molecular complexity index is 767. The molecule has 0 unspecified atom stereocenters. The predicted molar refractivity (Wildman–Crippen MR) is 85.8 cm³/mol. The van der Waals surface area contributed by atoms with E-state index in [2.05, 4.69) is 4.98 Å². The zero-order valence-electron chi connectivity index (χ0n) is 12.5. The fraction of sp³-hybridized carbons (Fsp3) is 0.357. The zero-order chi connectivity index (χ0) is 15.8. The van der Waals surface area contributed by atoms with Crippen LogP contribution in [0.15, 0.2) is 22.5 Å². The van der Waals surface area contributed by atoms with Crippen LogP contribution in [0.2, 0.25) is 0 Å². The number of hydrogen-bond donors (Lipinski definition) is 1. The van der Waals surface area contributed by atoms with Crippen molar-refractivity contribution >= 4 is 27.0 Å². The van der Waals surface area contributed by atoms with Gasteiger partial charge >= 0.3 is 0 Å². The number of nitrogen functional groups attached to an aromatic ring is 1. The molecule has 1 aromatic heterocycles. The van der Waals surface area contributed by atoms with E-state index in [1.165, 1.54) is 15.6 Å². The van der Waals surface area contributed by atoms with Crippen LogP contribution in [0, 0.1) is 20.8 Å². The van der Waals surface area contributed by atoms with Crippen LogP contribution < -0.4 is 5.73 Å². The number of benzene rings is 1. The van der Waals surface area contributed by atoms with Crippen molar-refractivity contribution in [3.63, 3.8) is 0 Å². The van der Waals surface area contributed by atoms with Gasteiger partial charge in [-0.2, -0.15) is 4.31 Å². The van der Waals surface area contributed by atoms with Crippen molar-refractivity contribution in [1.29, 1.82) is 0 Å². The van der Waals surface area contributed by atoms with Gasteiger partial charge in [0.1, 0.15) is 0 Å². The van der Waals surface area contributed by atoms with Crippen LogP contribution in [0.25, 0.3) is 0 Å². The van der Waals surface area contributed by atoms with Gasteiger partial charge in [0, 0.05) is 24.2 Å². The van der Waals surface area contributed by atoms with Crippen LogP contribution >= 0.6 is 11.3 Å². The minimum absolute atomic E-state index is 0.298. The summed E-state index contributed by atoms with van der Waals surface area (Å²) in [6, 6.07) is 3.47. The van der Waals surface area contributed by atoms with Gasteiger partial charge in [-0.1, -0.05) is 6.07 Å². The largest absolute Gasteiger partial charge is 0.398 e. The van der Waals surface area contributed by atoms with E-state index in [9.17, 15) is 8.42 Å². The molecule has 2 rings (SSSR count). The summed E-state index contributed by atoms with van der Waals surface area (Å²) >= 11 is 1.46. The van der Waals surface area contributed by atoms with Gasteiger partial charge in [-0.25, -0.2) is 13.4 Å². The van der Waals surface area contributed by atoms with E-state index in [0.29, 0.717) is 28.3 Å². The fourth-order valence-electron chi connectivity index (χ4n) is 2.16. The molecule has 0 aliphatic heterocycles. The Hall–Kier alpha value is -1.44. The van der Waals surface area contributed by atoms with Crippen molar-refractivity contribution in [3.05, 3.63) is 39.3 Å². The summed E-state index contributed by atoms with van der Waals surface area (Å²) < 4.78 is 27.0. The Morgan fingerprint density at radius 3 is 2.52 bits per heavy atom. The summed E-state index contributed by atoms with van der Waals surface area (Å²) in [6.07, 6.45) is 0. The third-order valence-corrected chi connectivity index (χ3v) is 6.54. The lowest BCUT2D eigenvalue weighted by molar-refractivity contribution is 0.468. The summed E-state index contributed by atoms with van der Waals surface area (Å²) in [4.78, 5) is 5.39. The maximum absolute atomic E-state index is 12.8. The van der Waals surface area contributed by atoms with E-state index in [1.807, 2.05) is 6.92 Å². The first-order chi connectivity index (χ1) is 9.75. The highest BCUT2D eigenvalue weighted by molar-refractivity contribution is 7.89. The molecule has 7 heteroatoms. The van der Waals surface area contributed by atoms with Crippen molar-refractivity contribution in [2.75, 3.05) is 12.8 Å². The Labute approximate surface area is 129 Å². The molecule has 0 aliphatic carbocycles. The van der Waals surface area contributed by atoms with Crippen LogP contribution in [0.4, 0.5) is 5.69 Å². The maximum atomic E-state index is 12.8. The molecule has 0 aliphatic rings. The number of thiazole rings is 1. The molecule has 0 spiro atoms. The molecule has 114 valence electrons. The summed E-state index contributed by atoms with van der Waals surface area (Å²) in [5.74, 6) is 0. The van der Waals surface area contributed by atoms with Crippen LogP contribution in [-0.2, 0) is 16.6 Å². The van der Waals surface area contributed by atoms with Gasteiger partial charge in [0.05, 0.1) is 16.1 Å². The molecular formula is C14H19N3O2S2. The normalized spacial score (nSPS) is 12.0. The first kappa shape index (κ1) is 15.9. The number of sulfonamides is 1. The number of aromatic nitrogens is 1. The summed E-state index contributed by atoms with van der Waals surface area (Å²) in [5, 5.41) is 0. The molecule has 2 N–H and O–H groups in total.